The van der Waals surface area contributed by atoms with Crippen molar-refractivity contribution in [2.45, 2.75) is 168 Å². The Morgan fingerprint density at radius 3 is 1.52 bits per heavy atom. The van der Waals surface area contributed by atoms with Crippen molar-refractivity contribution in [2.24, 2.45) is 0 Å². The van der Waals surface area contributed by atoms with Crippen molar-refractivity contribution in [1.29, 1.82) is 0 Å². The fraction of sp³-hybridized carbons (Fsp3) is 0.431. The number of nitrogens with one attached hydrogen (secondary N) is 2. The van der Waals surface area contributed by atoms with Crippen LogP contribution in [-0.4, -0.2) is 109 Å². The standard InChI is InChI=1S/C38H43FN6O5.C26H31B2FO5.CH2O3.2Na.H/c1-37(2,3)49-35(46)44-15-7-9-29(44)33-40-20-27(42-33)22-12-14-31-24(17-22)19-32(48-31)23-11-13-25(26(39)18-23)28-21-41-34(43-28)30-10-8-16-45(30)36(47)50-38(4,5)6;1-23(2)24(3,4)32-27(31-23)18-10-12-21-17(13-18)15-22(30-21)16-9-11-19(20(29)14-16)28-33-25(5,6)26(7,8)34-28;2-1-4-3;;;/h11-14,17-21,29-30H,7-10,15-16H2,1-6H3,(H,40,42)(H,41,43);9-15H,1-8H3;1,3H;;;/q;;;2*+1;-1/p-1/t29-,30-;;;;;/m0...../s1. The van der Waals surface area contributed by atoms with Gasteiger partial charge in [-0.05, 0) is 183 Å². The molecule has 4 fully saturated rings. The van der Waals surface area contributed by atoms with Crippen molar-refractivity contribution in [3.63, 3.8) is 0 Å². The molecule has 2 atom stereocenters. The molecule has 0 unspecified atom stereocenters. The van der Waals surface area contributed by atoms with Crippen LogP contribution in [0.2, 0.25) is 0 Å². The molecule has 4 aromatic heterocycles. The summed E-state index contributed by atoms with van der Waals surface area (Å²) in [5.74, 6) is 1.63. The van der Waals surface area contributed by atoms with Crippen LogP contribution >= 0.6 is 0 Å². The van der Waals surface area contributed by atoms with Gasteiger partial charge < -0.3 is 58.5 Å². The molecule has 19 nitrogen and oxygen atoms in total. The fourth-order valence-corrected chi connectivity index (χ4v) is 10.9. The Hall–Kier alpha value is -5.82. The number of halogens is 2. The van der Waals surface area contributed by atoms with Gasteiger partial charge in [0.2, 0.25) is 0 Å². The molecule has 4 saturated heterocycles. The molecule has 25 heteroatoms. The van der Waals surface area contributed by atoms with E-state index >= 15 is 8.78 Å². The van der Waals surface area contributed by atoms with Crippen LogP contribution in [0.5, 0.6) is 0 Å². The molecule has 4 aliphatic heterocycles. The summed E-state index contributed by atoms with van der Waals surface area (Å²) in [6.07, 6.45) is 5.93. The predicted octanol–water partition coefficient (Wildman–Crippen LogP) is 6.56. The minimum atomic E-state index is -0.753. The Morgan fingerprint density at radius 2 is 1.04 bits per heavy atom. The average Bonchev–Trinajstić information content (AvgIpc) is 1.71. The molecule has 466 valence electrons. The summed E-state index contributed by atoms with van der Waals surface area (Å²) in [6, 6.07) is 25.0. The van der Waals surface area contributed by atoms with Gasteiger partial charge >= 0.3 is 85.5 Å². The summed E-state index contributed by atoms with van der Waals surface area (Å²) in [5.41, 5.74) is 3.50. The van der Waals surface area contributed by atoms with Crippen molar-refractivity contribution in [3.8, 4) is 45.2 Å². The molecule has 8 aromatic rings. The zero-order valence-electron chi connectivity index (χ0n) is 55.2. The molecule has 0 bridgehead atoms. The number of hydrogen-bond donors (Lipinski definition) is 2. The van der Waals surface area contributed by atoms with Gasteiger partial charge in [-0.3, -0.25) is 14.6 Å². The molecule has 8 heterocycles. The number of aromatic nitrogens is 4. The van der Waals surface area contributed by atoms with E-state index in [2.05, 4.69) is 24.8 Å². The number of fused-ring (bicyclic) bond motifs is 2. The summed E-state index contributed by atoms with van der Waals surface area (Å²) >= 11 is 0. The molecule has 0 saturated carbocycles. The van der Waals surface area contributed by atoms with Crippen molar-refractivity contribution in [3.05, 3.63) is 121 Å². The minimum absolute atomic E-state index is 0. The molecule has 12 rings (SSSR count). The fourth-order valence-electron chi connectivity index (χ4n) is 10.9. The number of H-pyrrole nitrogens is 2. The van der Waals surface area contributed by atoms with Gasteiger partial charge in [0.15, 0.2) is 0 Å². The third-order valence-electron chi connectivity index (χ3n) is 16.9. The smallest absolute Gasteiger partial charge is 1.00 e. The normalized spacial score (nSPS) is 18.9. The number of carbonyl (C=O) groups excluding carboxylic acids is 3. The molecule has 4 aliphatic rings. The first kappa shape index (κ1) is 70.1. The van der Waals surface area contributed by atoms with Gasteiger partial charge in [0.25, 0.3) is 6.47 Å². The van der Waals surface area contributed by atoms with Gasteiger partial charge in [-0.1, -0.05) is 30.3 Å². The first-order valence-corrected chi connectivity index (χ1v) is 29.5. The van der Waals surface area contributed by atoms with E-state index in [9.17, 15) is 9.59 Å². The second-order valence-corrected chi connectivity index (χ2v) is 26.6. The number of imidazole rings is 2. The van der Waals surface area contributed by atoms with Crippen LogP contribution in [-0.2, 0) is 37.8 Å². The summed E-state index contributed by atoms with van der Waals surface area (Å²) in [7, 11) is -1.21. The average molecular weight is 1250 g/mol. The van der Waals surface area contributed by atoms with E-state index in [0.29, 0.717) is 69.4 Å². The molecule has 4 aromatic carbocycles. The van der Waals surface area contributed by atoms with Crippen molar-refractivity contribution < 1.29 is 131 Å². The number of amides is 2. The Kier molecular flexibility index (Phi) is 21.0. The summed E-state index contributed by atoms with van der Waals surface area (Å²) in [4.78, 5) is 56.1. The van der Waals surface area contributed by atoms with Crippen molar-refractivity contribution in [1.82, 2.24) is 29.7 Å². The van der Waals surface area contributed by atoms with E-state index in [1.54, 1.807) is 34.3 Å². The predicted molar refractivity (Wildman–Crippen MR) is 328 cm³/mol. The zero-order valence-corrected chi connectivity index (χ0v) is 58.2. The van der Waals surface area contributed by atoms with Crippen LogP contribution in [0.25, 0.3) is 67.1 Å². The number of carbonyl (C=O) groups is 3. The van der Waals surface area contributed by atoms with Gasteiger partial charge in [-0.15, -0.1) is 0 Å². The molecule has 0 radical (unpaired) electrons. The van der Waals surface area contributed by atoms with Gasteiger partial charge in [-0.2, -0.15) is 0 Å². The Balaban J connectivity index is 0.000000251. The van der Waals surface area contributed by atoms with E-state index in [1.165, 1.54) is 12.1 Å². The number of furan rings is 2. The van der Waals surface area contributed by atoms with Crippen LogP contribution < -0.4 is 75.3 Å². The van der Waals surface area contributed by atoms with Crippen molar-refractivity contribution in [2.75, 3.05) is 13.1 Å². The number of likely N-dealkylation sites (tertiary alicyclic amines) is 2. The molecular weight excluding hydrogens is 1180 g/mol. The molecule has 2 N–H and O–H groups in total. The first-order valence-electron chi connectivity index (χ1n) is 29.5. The van der Waals surface area contributed by atoms with E-state index in [0.717, 1.165) is 59.0 Å². The van der Waals surface area contributed by atoms with E-state index in [4.69, 9.17) is 47.0 Å². The number of aromatic amines is 2. The largest absolute Gasteiger partial charge is 1.00 e. The topological polar surface area (TPSA) is 229 Å². The van der Waals surface area contributed by atoms with Crippen molar-refractivity contribution >= 4 is 65.8 Å². The van der Waals surface area contributed by atoms with Crippen LogP contribution in [0.3, 0.4) is 0 Å². The molecular formula is C65H76B2F2N6Na2O13. The first-order chi connectivity index (χ1) is 41.3. The summed E-state index contributed by atoms with van der Waals surface area (Å²) in [5, 5.41) is 10.2. The maximum atomic E-state index is 15.6. The SMILES string of the molecule is CC(C)(C)OC(=O)N1CCC[C@H]1c1ncc(-c2ccc3oc(-c4ccc(-c5cnc([C@@H]6CCCN6C(=O)OC(C)(C)C)[nH]5)c(F)c4)cc3c2)[nH]1.CC1(C)OB(c2ccc3oc(-c4ccc(B5OC(C)(C)C(C)(C)O5)c(F)c4)cc3c2)OC1(C)C.O=CO[O-].[H-].[Na+].[Na+]. The Morgan fingerprint density at radius 1 is 0.611 bits per heavy atom. The molecule has 2 amide bonds. The van der Waals surface area contributed by atoms with Gasteiger partial charge in [0, 0.05) is 51.6 Å². The number of hydrogen-bond acceptors (Lipinski definition) is 15. The Labute approximate surface area is 569 Å². The maximum Gasteiger partial charge on any atom is 1.00 e. The van der Waals surface area contributed by atoms with Gasteiger partial charge in [0.05, 0.1) is 58.3 Å². The second kappa shape index (κ2) is 27.0. The van der Waals surface area contributed by atoms with Crippen LogP contribution in [0, 0.1) is 11.6 Å². The van der Waals surface area contributed by atoms with Gasteiger partial charge in [-0.25, -0.2) is 28.3 Å². The molecule has 90 heavy (non-hydrogen) atoms. The summed E-state index contributed by atoms with van der Waals surface area (Å²) in [6.45, 7) is 28.1. The number of ether oxygens (including phenoxy) is 2. The van der Waals surface area contributed by atoms with Crippen LogP contribution in [0.15, 0.2) is 106 Å². The van der Waals surface area contributed by atoms with E-state index in [1.807, 2.05) is 158 Å². The molecule has 0 aliphatic carbocycles. The maximum absolute atomic E-state index is 15.6. The van der Waals surface area contributed by atoms with E-state index < -0.39 is 59.5 Å². The van der Waals surface area contributed by atoms with Crippen LogP contribution in [0.4, 0.5) is 18.4 Å². The van der Waals surface area contributed by atoms with E-state index in [-0.39, 0.29) is 91.3 Å². The zero-order chi connectivity index (χ0) is 63.5. The number of benzene rings is 4. The molecule has 0 spiro atoms. The quantitative estimate of drug-likeness (QED) is 0.0675. The Bertz CT molecular complexity index is 3870. The number of rotatable bonds is 9. The third kappa shape index (κ3) is 15.1. The number of nitrogens with zero attached hydrogens (tertiary/aromatic N) is 4. The van der Waals surface area contributed by atoms with Crippen LogP contribution in [0.1, 0.15) is 148 Å². The summed E-state index contributed by atoms with van der Waals surface area (Å²) < 4.78 is 78.5. The van der Waals surface area contributed by atoms with Gasteiger partial charge in [0.1, 0.15) is 57.2 Å². The third-order valence-corrected chi connectivity index (χ3v) is 16.9. The monoisotopic (exact) mass is 1250 g/mol. The second-order valence-electron chi connectivity index (χ2n) is 26.6. The minimum Gasteiger partial charge on any atom is -1.00 e.